The second-order valence-corrected chi connectivity index (χ2v) is 6.79. The minimum Gasteiger partial charge on any atom is -0.389 e. The van der Waals surface area contributed by atoms with Crippen LogP contribution in [0.15, 0.2) is 24.3 Å². The maximum absolute atomic E-state index is 10.4. The molecule has 0 spiro atoms. The molecule has 0 saturated heterocycles. The van der Waals surface area contributed by atoms with Gasteiger partial charge in [0.2, 0.25) is 0 Å². The van der Waals surface area contributed by atoms with Crippen LogP contribution in [-0.4, -0.2) is 37.5 Å². The van der Waals surface area contributed by atoms with Crippen molar-refractivity contribution >= 4 is 0 Å². The zero-order chi connectivity index (χ0) is 15.2. The summed E-state index contributed by atoms with van der Waals surface area (Å²) >= 11 is 0. The van der Waals surface area contributed by atoms with Gasteiger partial charge in [0.25, 0.3) is 0 Å². The average Bonchev–Trinajstić information content (AvgIpc) is 2.34. The molecule has 1 aromatic carbocycles. The number of hydrogen-bond donors (Lipinski definition) is 2. The zero-order valence-electron chi connectivity index (χ0n) is 13.5. The standard InChI is InChI=1S/C17H29NO2/c1-16(2,3)15-8-6-14(7-9-15)12-17(4,19)13-18-10-11-20-5/h6-9,18-19H,10-13H2,1-5H3. The van der Waals surface area contributed by atoms with Crippen molar-refractivity contribution in [3.8, 4) is 0 Å². The fourth-order valence-electron chi connectivity index (χ4n) is 2.16. The fraction of sp³-hybridized carbons (Fsp3) is 0.647. The summed E-state index contributed by atoms with van der Waals surface area (Å²) in [6.45, 7) is 10.5. The van der Waals surface area contributed by atoms with Crippen LogP contribution in [0.3, 0.4) is 0 Å². The van der Waals surface area contributed by atoms with E-state index < -0.39 is 5.60 Å². The van der Waals surface area contributed by atoms with Crippen LogP contribution in [0.2, 0.25) is 0 Å². The van der Waals surface area contributed by atoms with Gasteiger partial charge in [-0.15, -0.1) is 0 Å². The van der Waals surface area contributed by atoms with E-state index in [1.807, 2.05) is 6.92 Å². The summed E-state index contributed by atoms with van der Waals surface area (Å²) in [6, 6.07) is 8.54. The first-order valence-corrected chi connectivity index (χ1v) is 7.26. The topological polar surface area (TPSA) is 41.5 Å². The molecule has 114 valence electrons. The first kappa shape index (κ1) is 17.2. The molecule has 0 aliphatic rings. The molecule has 0 amide bonds. The van der Waals surface area contributed by atoms with E-state index >= 15 is 0 Å². The Morgan fingerprint density at radius 2 is 1.70 bits per heavy atom. The van der Waals surface area contributed by atoms with Crippen molar-refractivity contribution in [3.63, 3.8) is 0 Å². The molecule has 0 saturated carbocycles. The third-order valence-electron chi connectivity index (χ3n) is 3.39. The van der Waals surface area contributed by atoms with Crippen LogP contribution in [0.4, 0.5) is 0 Å². The van der Waals surface area contributed by atoms with Crippen LogP contribution >= 0.6 is 0 Å². The van der Waals surface area contributed by atoms with Gasteiger partial charge in [-0.2, -0.15) is 0 Å². The molecule has 3 nitrogen and oxygen atoms in total. The summed E-state index contributed by atoms with van der Waals surface area (Å²) < 4.78 is 4.98. The molecule has 1 unspecified atom stereocenters. The van der Waals surface area contributed by atoms with Gasteiger partial charge in [0.1, 0.15) is 0 Å². The number of benzene rings is 1. The largest absolute Gasteiger partial charge is 0.389 e. The zero-order valence-corrected chi connectivity index (χ0v) is 13.5. The molecule has 3 heteroatoms. The molecule has 20 heavy (non-hydrogen) atoms. The van der Waals surface area contributed by atoms with E-state index in [0.29, 0.717) is 19.6 Å². The van der Waals surface area contributed by atoms with Gasteiger partial charge in [-0.3, -0.25) is 0 Å². The number of rotatable bonds is 7. The highest BCUT2D eigenvalue weighted by atomic mass is 16.5. The van der Waals surface area contributed by atoms with Crippen molar-refractivity contribution in [3.05, 3.63) is 35.4 Å². The first-order valence-electron chi connectivity index (χ1n) is 7.26. The van der Waals surface area contributed by atoms with Crippen LogP contribution in [0.1, 0.15) is 38.8 Å². The van der Waals surface area contributed by atoms with Crippen molar-refractivity contribution in [2.45, 2.75) is 45.1 Å². The van der Waals surface area contributed by atoms with Crippen LogP contribution in [0, 0.1) is 0 Å². The second kappa shape index (κ2) is 7.21. The Bertz CT molecular complexity index is 390. The molecule has 0 heterocycles. The smallest absolute Gasteiger partial charge is 0.0783 e. The Morgan fingerprint density at radius 1 is 1.10 bits per heavy atom. The molecule has 1 aromatic rings. The number of aliphatic hydroxyl groups is 1. The van der Waals surface area contributed by atoms with Crippen molar-refractivity contribution in [1.29, 1.82) is 0 Å². The Morgan fingerprint density at radius 3 is 2.20 bits per heavy atom. The van der Waals surface area contributed by atoms with Gasteiger partial charge in [0.15, 0.2) is 0 Å². The molecule has 0 aromatic heterocycles. The summed E-state index contributed by atoms with van der Waals surface area (Å²) in [5.41, 5.74) is 1.91. The van der Waals surface area contributed by atoms with Gasteiger partial charge >= 0.3 is 0 Å². The van der Waals surface area contributed by atoms with Gasteiger partial charge in [-0.1, -0.05) is 45.0 Å². The third-order valence-corrected chi connectivity index (χ3v) is 3.39. The number of methoxy groups -OCH3 is 1. The SMILES string of the molecule is COCCNCC(C)(O)Cc1ccc(C(C)(C)C)cc1. The maximum Gasteiger partial charge on any atom is 0.0783 e. The number of nitrogens with one attached hydrogen (secondary N) is 1. The lowest BCUT2D eigenvalue weighted by Crippen LogP contribution is -2.40. The van der Waals surface area contributed by atoms with Crippen molar-refractivity contribution in [1.82, 2.24) is 5.32 Å². The lowest BCUT2D eigenvalue weighted by molar-refractivity contribution is 0.0581. The third kappa shape index (κ3) is 6.04. The van der Waals surface area contributed by atoms with Crippen molar-refractivity contribution in [2.75, 3.05) is 26.8 Å². The van der Waals surface area contributed by atoms with E-state index in [-0.39, 0.29) is 5.41 Å². The van der Waals surface area contributed by atoms with Crippen molar-refractivity contribution < 1.29 is 9.84 Å². The normalized spacial score (nSPS) is 15.1. The summed E-state index contributed by atoms with van der Waals surface area (Å²) in [5, 5.41) is 13.6. The lowest BCUT2D eigenvalue weighted by atomic mass is 9.86. The minimum absolute atomic E-state index is 0.169. The molecule has 0 bridgehead atoms. The summed E-state index contributed by atoms with van der Waals surface area (Å²) in [6.07, 6.45) is 0.650. The van der Waals surface area contributed by atoms with Crippen molar-refractivity contribution in [2.24, 2.45) is 0 Å². The second-order valence-electron chi connectivity index (χ2n) is 6.79. The highest BCUT2D eigenvalue weighted by Gasteiger charge is 2.21. The van der Waals surface area contributed by atoms with Gasteiger partial charge < -0.3 is 15.2 Å². The predicted octanol–water partition coefficient (Wildman–Crippen LogP) is 2.51. The van der Waals surface area contributed by atoms with Crippen LogP contribution in [-0.2, 0) is 16.6 Å². The number of hydrogen-bond acceptors (Lipinski definition) is 3. The van der Waals surface area contributed by atoms with E-state index in [2.05, 4.69) is 50.4 Å². The van der Waals surface area contributed by atoms with Crippen LogP contribution < -0.4 is 5.32 Å². The van der Waals surface area contributed by atoms with E-state index in [9.17, 15) is 5.11 Å². The summed E-state index contributed by atoms with van der Waals surface area (Å²) in [7, 11) is 1.68. The van der Waals surface area contributed by atoms with Gasteiger partial charge in [-0.25, -0.2) is 0 Å². The highest BCUT2D eigenvalue weighted by molar-refractivity contribution is 5.28. The summed E-state index contributed by atoms with van der Waals surface area (Å²) in [5.74, 6) is 0. The Kier molecular flexibility index (Phi) is 6.18. The molecule has 0 fully saturated rings. The quantitative estimate of drug-likeness (QED) is 0.754. The fourth-order valence-corrected chi connectivity index (χ4v) is 2.16. The molecular formula is C17H29NO2. The van der Waals surface area contributed by atoms with E-state index in [0.717, 1.165) is 12.1 Å². The maximum atomic E-state index is 10.4. The number of ether oxygens (including phenoxy) is 1. The Hall–Kier alpha value is -0.900. The van der Waals surface area contributed by atoms with E-state index in [1.165, 1.54) is 5.56 Å². The molecule has 1 atom stereocenters. The van der Waals surface area contributed by atoms with Crippen LogP contribution in [0.5, 0.6) is 0 Å². The molecule has 1 rings (SSSR count). The summed E-state index contributed by atoms with van der Waals surface area (Å²) in [4.78, 5) is 0. The van der Waals surface area contributed by atoms with Crippen LogP contribution in [0.25, 0.3) is 0 Å². The molecule has 0 aliphatic carbocycles. The van der Waals surface area contributed by atoms with E-state index in [4.69, 9.17) is 4.74 Å². The first-order chi connectivity index (χ1) is 9.24. The average molecular weight is 279 g/mol. The van der Waals surface area contributed by atoms with Gasteiger partial charge in [0, 0.05) is 26.6 Å². The lowest BCUT2D eigenvalue weighted by Gasteiger charge is -2.25. The Balaban J connectivity index is 2.54. The van der Waals surface area contributed by atoms with Gasteiger partial charge in [-0.05, 0) is 23.5 Å². The van der Waals surface area contributed by atoms with Gasteiger partial charge in [0.05, 0.1) is 12.2 Å². The predicted molar refractivity (Wildman–Crippen MR) is 84.2 cm³/mol. The molecule has 0 aliphatic heterocycles. The Labute approximate surface area is 123 Å². The highest BCUT2D eigenvalue weighted by Crippen LogP contribution is 2.23. The minimum atomic E-state index is -0.739. The monoisotopic (exact) mass is 279 g/mol. The molecule has 0 radical (unpaired) electrons. The van der Waals surface area contributed by atoms with E-state index in [1.54, 1.807) is 7.11 Å². The molecule has 2 N–H and O–H groups in total. The molecular weight excluding hydrogens is 250 g/mol.